The van der Waals surface area contributed by atoms with Crippen molar-refractivity contribution in [3.63, 3.8) is 0 Å². The van der Waals surface area contributed by atoms with Crippen molar-refractivity contribution >= 4 is 28.9 Å². The summed E-state index contributed by atoms with van der Waals surface area (Å²) in [6.07, 6.45) is 0. The molecular weight excluding hydrogens is 324 g/mol. The van der Waals surface area contributed by atoms with Crippen molar-refractivity contribution in [2.24, 2.45) is 0 Å². The fourth-order valence-electron chi connectivity index (χ4n) is 2.26. The molecule has 0 radical (unpaired) electrons. The van der Waals surface area contributed by atoms with Crippen molar-refractivity contribution in [2.75, 3.05) is 24.6 Å². The van der Waals surface area contributed by atoms with Crippen molar-refractivity contribution in [3.05, 3.63) is 52.2 Å². The van der Waals surface area contributed by atoms with Crippen LogP contribution in [0, 0.1) is 0 Å². The molecule has 24 heavy (non-hydrogen) atoms. The maximum Gasteiger partial charge on any atom is 0.338 e. The molecule has 0 fully saturated rings. The van der Waals surface area contributed by atoms with Crippen LogP contribution >= 0.6 is 11.3 Å². The Labute approximate surface area is 146 Å². The van der Waals surface area contributed by atoms with Gasteiger partial charge in [0.2, 0.25) is 0 Å². The summed E-state index contributed by atoms with van der Waals surface area (Å²) >= 11 is 1.57. The highest BCUT2D eigenvalue weighted by molar-refractivity contribution is 7.09. The van der Waals surface area contributed by atoms with Crippen molar-refractivity contribution < 1.29 is 14.3 Å². The van der Waals surface area contributed by atoms with Crippen LogP contribution < -0.4 is 10.2 Å². The zero-order valence-corrected chi connectivity index (χ0v) is 14.8. The minimum absolute atomic E-state index is 0.276. The third-order valence-corrected chi connectivity index (χ3v) is 4.48. The average Bonchev–Trinajstić information content (AvgIpc) is 3.13. The highest BCUT2D eigenvalue weighted by Crippen LogP contribution is 2.15. The lowest BCUT2D eigenvalue weighted by molar-refractivity contribution is -0.124. The molecule has 0 aliphatic carbocycles. The zero-order chi connectivity index (χ0) is 17.4. The minimum Gasteiger partial charge on any atom is -0.452 e. The zero-order valence-electron chi connectivity index (χ0n) is 14.0. The molecular formula is C18H22N2O3S. The van der Waals surface area contributed by atoms with Gasteiger partial charge in [0.1, 0.15) is 0 Å². The van der Waals surface area contributed by atoms with Crippen molar-refractivity contribution in [1.82, 2.24) is 5.32 Å². The minimum atomic E-state index is -0.493. The number of hydrogen-bond acceptors (Lipinski definition) is 5. The summed E-state index contributed by atoms with van der Waals surface area (Å²) < 4.78 is 5.05. The van der Waals surface area contributed by atoms with Crippen LogP contribution in [0.5, 0.6) is 0 Å². The molecule has 1 aromatic carbocycles. The predicted molar refractivity (Wildman–Crippen MR) is 96.5 cm³/mol. The summed E-state index contributed by atoms with van der Waals surface area (Å²) in [5.74, 6) is -0.802. The van der Waals surface area contributed by atoms with E-state index in [1.807, 2.05) is 29.6 Å². The lowest BCUT2D eigenvalue weighted by Crippen LogP contribution is -2.28. The van der Waals surface area contributed by atoms with E-state index in [4.69, 9.17) is 4.74 Å². The second-order valence-corrected chi connectivity index (χ2v) is 6.18. The van der Waals surface area contributed by atoms with Gasteiger partial charge in [-0.2, -0.15) is 0 Å². The Kier molecular flexibility index (Phi) is 6.81. The third-order valence-electron chi connectivity index (χ3n) is 3.61. The topological polar surface area (TPSA) is 58.6 Å². The van der Waals surface area contributed by atoms with Crippen molar-refractivity contribution in [1.29, 1.82) is 0 Å². The number of amides is 1. The number of benzene rings is 1. The molecule has 2 aromatic rings. The Hall–Kier alpha value is -2.34. The van der Waals surface area contributed by atoms with Crippen LogP contribution in [0.4, 0.5) is 5.69 Å². The van der Waals surface area contributed by atoms with E-state index >= 15 is 0 Å². The van der Waals surface area contributed by atoms with Gasteiger partial charge in [0, 0.05) is 23.7 Å². The molecule has 2 rings (SSSR count). The first-order valence-corrected chi connectivity index (χ1v) is 8.83. The third kappa shape index (κ3) is 5.09. The smallest absolute Gasteiger partial charge is 0.338 e. The molecule has 0 aliphatic heterocycles. The van der Waals surface area contributed by atoms with Crippen LogP contribution in [0.1, 0.15) is 29.1 Å². The van der Waals surface area contributed by atoms with Crippen LogP contribution in [0.25, 0.3) is 0 Å². The molecule has 0 aliphatic rings. The highest BCUT2D eigenvalue weighted by Gasteiger charge is 2.11. The monoisotopic (exact) mass is 346 g/mol. The first kappa shape index (κ1) is 18.0. The maximum absolute atomic E-state index is 12.0. The molecule has 1 heterocycles. The van der Waals surface area contributed by atoms with Crippen LogP contribution in [-0.4, -0.2) is 31.6 Å². The Balaban J connectivity index is 1.80. The van der Waals surface area contributed by atoms with E-state index in [9.17, 15) is 9.59 Å². The number of hydrogen-bond donors (Lipinski definition) is 1. The van der Waals surface area contributed by atoms with Crippen LogP contribution in [0.3, 0.4) is 0 Å². The fourth-order valence-corrected chi connectivity index (χ4v) is 2.91. The lowest BCUT2D eigenvalue weighted by Gasteiger charge is -2.20. The molecule has 1 amide bonds. The summed E-state index contributed by atoms with van der Waals surface area (Å²) in [6, 6.07) is 11.1. The summed E-state index contributed by atoms with van der Waals surface area (Å²) in [5, 5.41) is 4.67. The van der Waals surface area contributed by atoms with E-state index in [0.717, 1.165) is 23.7 Å². The molecule has 0 unspecified atom stereocenters. The summed E-state index contributed by atoms with van der Waals surface area (Å²) in [7, 11) is 0. The number of nitrogens with one attached hydrogen (secondary N) is 1. The number of ether oxygens (including phenoxy) is 1. The summed E-state index contributed by atoms with van der Waals surface area (Å²) in [6.45, 7) is 6.16. The van der Waals surface area contributed by atoms with E-state index in [2.05, 4.69) is 24.1 Å². The molecule has 0 saturated heterocycles. The number of carbonyl (C=O) groups is 2. The van der Waals surface area contributed by atoms with Crippen LogP contribution in [0.2, 0.25) is 0 Å². The number of thiophene rings is 1. The normalized spacial score (nSPS) is 10.2. The molecule has 0 saturated carbocycles. The van der Waals surface area contributed by atoms with Crippen molar-refractivity contribution in [3.8, 4) is 0 Å². The second kappa shape index (κ2) is 9.08. The van der Waals surface area contributed by atoms with Gasteiger partial charge < -0.3 is 15.0 Å². The average molecular weight is 346 g/mol. The van der Waals surface area contributed by atoms with Gasteiger partial charge in [0.05, 0.1) is 12.1 Å². The molecule has 6 heteroatoms. The number of nitrogens with zero attached hydrogens (tertiary/aromatic N) is 1. The molecule has 5 nitrogen and oxygen atoms in total. The quantitative estimate of drug-likeness (QED) is 0.746. The number of anilines is 1. The van der Waals surface area contributed by atoms with E-state index < -0.39 is 5.97 Å². The van der Waals surface area contributed by atoms with Gasteiger partial charge in [0.15, 0.2) is 6.61 Å². The molecule has 0 spiro atoms. The van der Waals surface area contributed by atoms with Gasteiger partial charge in [-0.15, -0.1) is 11.3 Å². The number of esters is 1. The SMILES string of the molecule is CCN(CC)c1ccc(C(=O)OCC(=O)NCc2cccs2)cc1. The Bertz CT molecular complexity index is 649. The Morgan fingerprint density at radius 3 is 2.42 bits per heavy atom. The van der Waals surface area contributed by atoms with Gasteiger partial charge >= 0.3 is 5.97 Å². The lowest BCUT2D eigenvalue weighted by atomic mass is 10.2. The Morgan fingerprint density at radius 1 is 1.12 bits per heavy atom. The Morgan fingerprint density at radius 2 is 1.83 bits per heavy atom. The first-order chi connectivity index (χ1) is 11.6. The van der Waals surface area contributed by atoms with Crippen LogP contribution in [-0.2, 0) is 16.1 Å². The first-order valence-electron chi connectivity index (χ1n) is 7.95. The van der Waals surface area contributed by atoms with Gasteiger partial charge in [-0.3, -0.25) is 4.79 Å². The van der Waals surface area contributed by atoms with Gasteiger partial charge in [0.25, 0.3) is 5.91 Å². The maximum atomic E-state index is 12.0. The number of rotatable bonds is 8. The van der Waals surface area contributed by atoms with Gasteiger partial charge in [-0.05, 0) is 49.6 Å². The summed E-state index contributed by atoms with van der Waals surface area (Å²) in [5.41, 5.74) is 1.50. The fraction of sp³-hybridized carbons (Fsp3) is 0.333. The molecule has 1 aromatic heterocycles. The predicted octanol–water partition coefficient (Wildman–Crippen LogP) is 3.07. The van der Waals surface area contributed by atoms with Crippen molar-refractivity contribution in [2.45, 2.75) is 20.4 Å². The largest absolute Gasteiger partial charge is 0.452 e. The van der Waals surface area contributed by atoms with E-state index in [1.54, 1.807) is 23.5 Å². The highest BCUT2D eigenvalue weighted by atomic mass is 32.1. The standard InChI is InChI=1S/C18H22N2O3S/c1-3-20(4-2)15-9-7-14(8-10-15)18(22)23-13-17(21)19-12-16-6-5-11-24-16/h5-11H,3-4,12-13H2,1-2H3,(H,19,21). The van der Waals surface area contributed by atoms with Crippen LogP contribution in [0.15, 0.2) is 41.8 Å². The van der Waals surface area contributed by atoms with Gasteiger partial charge in [-0.1, -0.05) is 6.07 Å². The molecule has 0 atom stereocenters. The number of carbonyl (C=O) groups excluding carboxylic acids is 2. The van der Waals surface area contributed by atoms with E-state index in [0.29, 0.717) is 12.1 Å². The van der Waals surface area contributed by atoms with E-state index in [-0.39, 0.29) is 12.5 Å². The van der Waals surface area contributed by atoms with E-state index in [1.165, 1.54) is 0 Å². The molecule has 1 N–H and O–H groups in total. The molecule has 128 valence electrons. The van der Waals surface area contributed by atoms with Gasteiger partial charge in [-0.25, -0.2) is 4.79 Å². The molecule has 0 bridgehead atoms. The second-order valence-electron chi connectivity index (χ2n) is 5.15. The summed E-state index contributed by atoms with van der Waals surface area (Å²) in [4.78, 5) is 26.9.